The van der Waals surface area contributed by atoms with Crippen molar-refractivity contribution >= 4 is 17.0 Å². The molecule has 0 atom stereocenters. The quantitative estimate of drug-likeness (QED) is 0.342. The summed E-state index contributed by atoms with van der Waals surface area (Å²) in [5.74, 6) is 0.645. The van der Waals surface area contributed by atoms with Crippen molar-refractivity contribution in [3.8, 4) is 0 Å². The van der Waals surface area contributed by atoms with Crippen LogP contribution >= 0.6 is 0 Å². The molecule has 0 amide bonds. The van der Waals surface area contributed by atoms with Gasteiger partial charge < -0.3 is 5.32 Å². The van der Waals surface area contributed by atoms with E-state index in [0.29, 0.717) is 12.5 Å². The highest BCUT2D eigenvalue weighted by molar-refractivity contribution is 5.74. The number of nitrogens with zero attached hydrogens (tertiary/aromatic N) is 5. The number of hydrogen-bond acceptors (Lipinski definition) is 5. The van der Waals surface area contributed by atoms with Crippen LogP contribution < -0.4 is 5.32 Å². The van der Waals surface area contributed by atoms with E-state index in [9.17, 15) is 4.39 Å². The van der Waals surface area contributed by atoms with Gasteiger partial charge in [0.25, 0.3) is 0 Å². The van der Waals surface area contributed by atoms with Crippen LogP contribution in [0.5, 0.6) is 0 Å². The summed E-state index contributed by atoms with van der Waals surface area (Å²) in [6.45, 7) is 3.52. The Bertz CT molecular complexity index is 1420. The topological polar surface area (TPSA) is 58.4 Å². The molecule has 0 saturated carbocycles. The molecule has 0 unspecified atom stereocenters. The number of likely N-dealkylation sites (tertiary alicyclic amines) is 1. The number of anilines is 1. The van der Waals surface area contributed by atoms with Crippen LogP contribution in [-0.4, -0.2) is 37.6 Å². The van der Waals surface area contributed by atoms with Crippen molar-refractivity contribution in [1.29, 1.82) is 0 Å². The predicted molar refractivity (Wildman–Crippen MR) is 145 cm³/mol. The molecule has 188 valence electrons. The zero-order valence-corrected chi connectivity index (χ0v) is 20.9. The minimum Gasteiger partial charge on any atom is -0.366 e. The molecule has 1 fully saturated rings. The van der Waals surface area contributed by atoms with Crippen LogP contribution in [0.15, 0.2) is 79.3 Å². The summed E-state index contributed by atoms with van der Waals surface area (Å²) in [6.07, 6.45) is 15.9. The largest absolute Gasteiger partial charge is 0.366 e. The average molecular weight is 495 g/mol. The molecule has 6 rings (SSSR count). The number of fused-ring (bicyclic) bond motifs is 1. The molecule has 3 aromatic heterocycles. The van der Waals surface area contributed by atoms with Gasteiger partial charge in [0.15, 0.2) is 11.5 Å². The highest BCUT2D eigenvalue weighted by atomic mass is 19.1. The van der Waals surface area contributed by atoms with E-state index in [1.165, 1.54) is 22.9 Å². The summed E-state index contributed by atoms with van der Waals surface area (Å²) >= 11 is 0. The lowest BCUT2D eigenvalue weighted by Gasteiger charge is -2.32. The fourth-order valence-corrected chi connectivity index (χ4v) is 5.26. The van der Waals surface area contributed by atoms with Gasteiger partial charge in [-0.25, -0.2) is 9.37 Å². The van der Waals surface area contributed by atoms with Gasteiger partial charge in [-0.15, -0.1) is 0 Å². The standard InChI is InChI=1S/C30H31FN6/c31-27-20-34-37-29(33-19-23-5-4-14-32-18-23)17-28(35-30(27)37)26-12-15-36(16-13-26)21-22-8-10-25(11-9-22)24-6-2-1-3-7-24/h2,4-11,14,17-18,20,26,33H,1,3,12-13,15-16,19,21H2. The van der Waals surface area contributed by atoms with E-state index >= 15 is 0 Å². The number of benzene rings is 1. The molecule has 1 saturated heterocycles. The Balaban J connectivity index is 1.11. The molecule has 1 N–H and O–H groups in total. The van der Waals surface area contributed by atoms with E-state index in [0.717, 1.165) is 62.4 Å². The van der Waals surface area contributed by atoms with Gasteiger partial charge in [0.2, 0.25) is 0 Å². The molecule has 37 heavy (non-hydrogen) atoms. The van der Waals surface area contributed by atoms with Crippen LogP contribution in [0.2, 0.25) is 0 Å². The molecule has 1 aliphatic carbocycles. The highest BCUT2D eigenvalue weighted by Gasteiger charge is 2.24. The summed E-state index contributed by atoms with van der Waals surface area (Å²) in [5, 5.41) is 7.60. The summed E-state index contributed by atoms with van der Waals surface area (Å²) in [7, 11) is 0. The molecule has 4 heterocycles. The van der Waals surface area contributed by atoms with E-state index in [4.69, 9.17) is 0 Å². The molecule has 6 nitrogen and oxygen atoms in total. The lowest BCUT2D eigenvalue weighted by atomic mass is 9.92. The van der Waals surface area contributed by atoms with Gasteiger partial charge >= 0.3 is 0 Å². The van der Waals surface area contributed by atoms with Crippen molar-refractivity contribution in [1.82, 2.24) is 24.5 Å². The first kappa shape index (κ1) is 23.6. The Labute approximate surface area is 216 Å². The molecular weight excluding hydrogens is 463 g/mol. The first-order valence-corrected chi connectivity index (χ1v) is 13.1. The molecule has 1 aromatic carbocycles. The van der Waals surface area contributed by atoms with E-state index < -0.39 is 5.82 Å². The third-order valence-corrected chi connectivity index (χ3v) is 7.34. The van der Waals surface area contributed by atoms with Crippen LogP contribution in [0.3, 0.4) is 0 Å². The van der Waals surface area contributed by atoms with Gasteiger partial charge in [0, 0.05) is 43.2 Å². The minimum atomic E-state index is -0.397. The highest BCUT2D eigenvalue weighted by Crippen LogP contribution is 2.30. The van der Waals surface area contributed by atoms with E-state index in [1.807, 2.05) is 24.4 Å². The van der Waals surface area contributed by atoms with Gasteiger partial charge in [-0.1, -0.05) is 48.6 Å². The van der Waals surface area contributed by atoms with Crippen molar-refractivity contribution < 1.29 is 4.39 Å². The maximum absolute atomic E-state index is 14.5. The van der Waals surface area contributed by atoms with Gasteiger partial charge in [-0.05, 0) is 67.1 Å². The lowest BCUT2D eigenvalue weighted by molar-refractivity contribution is 0.203. The zero-order valence-electron chi connectivity index (χ0n) is 20.9. The minimum absolute atomic E-state index is 0.275. The van der Waals surface area contributed by atoms with Gasteiger partial charge in [0.1, 0.15) is 5.82 Å². The van der Waals surface area contributed by atoms with Crippen LogP contribution in [0.1, 0.15) is 54.0 Å². The fourth-order valence-electron chi connectivity index (χ4n) is 5.26. The second-order valence-corrected chi connectivity index (χ2v) is 9.90. The Morgan fingerprint density at radius 2 is 1.86 bits per heavy atom. The van der Waals surface area contributed by atoms with Gasteiger partial charge in [-0.2, -0.15) is 9.61 Å². The summed E-state index contributed by atoms with van der Waals surface area (Å²) in [6, 6.07) is 14.9. The molecule has 0 bridgehead atoms. The summed E-state index contributed by atoms with van der Waals surface area (Å²) in [5.41, 5.74) is 6.21. The number of aromatic nitrogens is 4. The molecule has 7 heteroatoms. The predicted octanol–water partition coefficient (Wildman–Crippen LogP) is 5.99. The number of rotatable bonds is 7. The first-order chi connectivity index (χ1) is 18.2. The SMILES string of the molecule is Fc1cnn2c(NCc3cccnc3)cc(C3CCN(Cc4ccc(C5=CCCC=C5)cc4)CC3)nc12. The smallest absolute Gasteiger partial charge is 0.193 e. The van der Waals surface area contributed by atoms with E-state index in [2.05, 4.69) is 67.8 Å². The Hall–Kier alpha value is -3.84. The van der Waals surface area contributed by atoms with Crippen molar-refractivity contribution in [2.45, 2.75) is 44.7 Å². The van der Waals surface area contributed by atoms with E-state index in [-0.39, 0.29) is 5.65 Å². The maximum atomic E-state index is 14.5. The molecular formula is C30H31FN6. The van der Waals surface area contributed by atoms with Crippen LogP contribution in [0.4, 0.5) is 10.2 Å². The normalized spacial score (nSPS) is 16.7. The summed E-state index contributed by atoms with van der Waals surface area (Å²) in [4.78, 5) is 11.4. The Morgan fingerprint density at radius 3 is 2.62 bits per heavy atom. The number of hydrogen-bond donors (Lipinski definition) is 1. The number of nitrogens with one attached hydrogen (secondary N) is 1. The van der Waals surface area contributed by atoms with Crippen molar-refractivity contribution in [2.75, 3.05) is 18.4 Å². The second-order valence-electron chi connectivity index (χ2n) is 9.90. The zero-order chi connectivity index (χ0) is 25.0. The van der Waals surface area contributed by atoms with Crippen molar-refractivity contribution in [2.24, 2.45) is 0 Å². The monoisotopic (exact) mass is 494 g/mol. The molecule has 0 radical (unpaired) electrons. The van der Waals surface area contributed by atoms with Crippen LogP contribution in [-0.2, 0) is 13.1 Å². The molecule has 0 spiro atoms. The number of halogens is 1. The maximum Gasteiger partial charge on any atom is 0.193 e. The second kappa shape index (κ2) is 10.6. The first-order valence-electron chi connectivity index (χ1n) is 13.1. The van der Waals surface area contributed by atoms with E-state index in [1.54, 1.807) is 10.7 Å². The molecule has 1 aliphatic heterocycles. The average Bonchev–Trinajstić information content (AvgIpc) is 3.34. The Kier molecular flexibility index (Phi) is 6.78. The Morgan fingerprint density at radius 1 is 1.00 bits per heavy atom. The number of piperidine rings is 1. The molecule has 4 aromatic rings. The fraction of sp³-hybridized carbons (Fsp3) is 0.300. The number of pyridine rings is 1. The molecule has 2 aliphatic rings. The summed E-state index contributed by atoms with van der Waals surface area (Å²) < 4.78 is 16.0. The van der Waals surface area contributed by atoms with Crippen molar-refractivity contribution in [3.63, 3.8) is 0 Å². The van der Waals surface area contributed by atoms with Crippen LogP contribution in [0.25, 0.3) is 11.2 Å². The number of allylic oxidation sites excluding steroid dienone is 4. The third kappa shape index (κ3) is 5.32. The van der Waals surface area contributed by atoms with Gasteiger partial charge in [-0.3, -0.25) is 9.88 Å². The lowest BCUT2D eigenvalue weighted by Crippen LogP contribution is -2.32. The van der Waals surface area contributed by atoms with Gasteiger partial charge in [0.05, 0.1) is 6.20 Å². The van der Waals surface area contributed by atoms with Crippen LogP contribution in [0, 0.1) is 5.82 Å². The third-order valence-electron chi connectivity index (χ3n) is 7.34. The van der Waals surface area contributed by atoms with Crippen molar-refractivity contribution in [3.05, 3.63) is 107 Å².